The Kier molecular flexibility index (Phi) is 4.49. The van der Waals surface area contributed by atoms with Crippen LogP contribution >= 0.6 is 0 Å². The highest BCUT2D eigenvalue weighted by Crippen LogP contribution is 2.13. The topological polar surface area (TPSA) is 104 Å². The maximum atomic E-state index is 11.3. The highest BCUT2D eigenvalue weighted by molar-refractivity contribution is 7.92. The largest absolute Gasteiger partial charge is 0.479 e. The third-order valence-electron chi connectivity index (χ3n) is 2.48. The summed E-state index contributed by atoms with van der Waals surface area (Å²) in [7, 11) is -3.23. The molecule has 16 heavy (non-hydrogen) atoms. The van der Waals surface area contributed by atoms with Crippen LogP contribution in [0, 0.1) is 0 Å². The summed E-state index contributed by atoms with van der Waals surface area (Å²) in [5.74, 6) is -1.35. The third kappa shape index (κ3) is 4.07. The molecule has 6 nitrogen and oxygen atoms in total. The Labute approximate surface area is 95.6 Å². The Morgan fingerprint density at radius 2 is 1.69 bits per heavy atom. The number of aliphatic hydroxyl groups is 1. The first kappa shape index (κ1) is 15.3. The quantitative estimate of drug-likeness (QED) is 0.574. The zero-order valence-corrected chi connectivity index (χ0v) is 10.8. The van der Waals surface area contributed by atoms with Crippen LogP contribution in [0.25, 0.3) is 0 Å². The Morgan fingerprint density at radius 1 is 1.25 bits per heavy atom. The van der Waals surface area contributed by atoms with Crippen LogP contribution in [0.4, 0.5) is 0 Å². The standard InChI is InChI=1S/C9H19NO5S/c1-8(2,16(4,14)15)5-10-6-9(3,13)7(11)12/h10,13H,5-6H2,1-4H3,(H,11,12). The highest BCUT2D eigenvalue weighted by atomic mass is 32.2. The fourth-order valence-electron chi connectivity index (χ4n) is 0.814. The Bertz CT molecular complexity index is 358. The maximum Gasteiger partial charge on any atom is 0.336 e. The number of hydrogen-bond acceptors (Lipinski definition) is 5. The number of hydrogen-bond donors (Lipinski definition) is 3. The molecule has 0 saturated heterocycles. The molecule has 0 aliphatic rings. The van der Waals surface area contributed by atoms with E-state index in [0.29, 0.717) is 0 Å². The lowest BCUT2D eigenvalue weighted by Gasteiger charge is -2.25. The van der Waals surface area contributed by atoms with Crippen molar-refractivity contribution in [3.63, 3.8) is 0 Å². The smallest absolute Gasteiger partial charge is 0.336 e. The van der Waals surface area contributed by atoms with Gasteiger partial charge in [-0.25, -0.2) is 13.2 Å². The van der Waals surface area contributed by atoms with Gasteiger partial charge < -0.3 is 15.5 Å². The minimum Gasteiger partial charge on any atom is -0.479 e. The molecule has 0 heterocycles. The van der Waals surface area contributed by atoms with Crippen LogP contribution in [0.15, 0.2) is 0 Å². The molecule has 0 aromatic heterocycles. The van der Waals surface area contributed by atoms with Gasteiger partial charge in [-0.2, -0.15) is 0 Å². The van der Waals surface area contributed by atoms with E-state index in [1.54, 1.807) is 0 Å². The molecule has 3 N–H and O–H groups in total. The number of aliphatic carboxylic acids is 1. The van der Waals surface area contributed by atoms with E-state index in [0.717, 1.165) is 13.2 Å². The van der Waals surface area contributed by atoms with Gasteiger partial charge in [-0.1, -0.05) is 0 Å². The first-order valence-electron chi connectivity index (χ1n) is 4.76. The molecule has 0 spiro atoms. The fraction of sp³-hybridized carbons (Fsp3) is 0.889. The molecule has 0 aromatic rings. The summed E-state index contributed by atoms with van der Waals surface area (Å²) >= 11 is 0. The van der Waals surface area contributed by atoms with Crippen molar-refractivity contribution in [3.05, 3.63) is 0 Å². The van der Waals surface area contributed by atoms with Crippen molar-refractivity contribution in [2.75, 3.05) is 19.3 Å². The van der Waals surface area contributed by atoms with E-state index in [4.69, 9.17) is 5.11 Å². The van der Waals surface area contributed by atoms with E-state index < -0.39 is 26.2 Å². The van der Waals surface area contributed by atoms with Crippen LogP contribution in [0.5, 0.6) is 0 Å². The maximum absolute atomic E-state index is 11.3. The minimum atomic E-state index is -3.23. The van der Waals surface area contributed by atoms with Gasteiger partial charge in [0.2, 0.25) is 0 Å². The lowest BCUT2D eigenvalue weighted by atomic mass is 10.1. The Hall–Kier alpha value is -0.660. The fourth-order valence-corrected chi connectivity index (χ4v) is 1.18. The monoisotopic (exact) mass is 253 g/mol. The number of carbonyl (C=O) groups is 1. The van der Waals surface area contributed by atoms with Crippen molar-refractivity contribution >= 4 is 15.8 Å². The number of nitrogens with one attached hydrogen (secondary N) is 1. The molecule has 0 saturated carbocycles. The molecule has 0 fully saturated rings. The summed E-state index contributed by atoms with van der Waals surface area (Å²) in [4.78, 5) is 10.6. The molecule has 0 aliphatic heterocycles. The van der Waals surface area contributed by atoms with E-state index in [1.165, 1.54) is 13.8 Å². The van der Waals surface area contributed by atoms with Gasteiger partial charge in [0.05, 0.1) is 4.75 Å². The van der Waals surface area contributed by atoms with Crippen molar-refractivity contribution in [1.29, 1.82) is 0 Å². The summed E-state index contributed by atoms with van der Waals surface area (Å²) in [6.45, 7) is 4.09. The molecule has 0 aliphatic carbocycles. The molecule has 96 valence electrons. The summed E-state index contributed by atoms with van der Waals surface area (Å²) in [5, 5.41) is 20.6. The number of carboxylic acid groups (broad SMARTS) is 1. The molecule has 0 aromatic carbocycles. The van der Waals surface area contributed by atoms with Gasteiger partial charge >= 0.3 is 5.97 Å². The molecular formula is C9H19NO5S. The van der Waals surface area contributed by atoms with Crippen molar-refractivity contribution in [1.82, 2.24) is 5.32 Å². The first-order chi connectivity index (χ1) is 6.90. The lowest BCUT2D eigenvalue weighted by Crippen LogP contribution is -2.49. The normalized spacial score (nSPS) is 16.8. The van der Waals surface area contributed by atoms with E-state index in [9.17, 15) is 18.3 Å². The predicted molar refractivity (Wildman–Crippen MR) is 60.1 cm³/mol. The van der Waals surface area contributed by atoms with Gasteiger partial charge in [-0.15, -0.1) is 0 Å². The summed E-state index contributed by atoms with van der Waals surface area (Å²) < 4.78 is 21.6. The van der Waals surface area contributed by atoms with Crippen LogP contribution in [0.3, 0.4) is 0 Å². The van der Waals surface area contributed by atoms with E-state index in [2.05, 4.69) is 5.32 Å². The minimum absolute atomic E-state index is 0.0786. The predicted octanol–water partition coefficient (Wildman–Crippen LogP) is -0.765. The summed E-state index contributed by atoms with van der Waals surface area (Å²) in [6, 6.07) is 0. The van der Waals surface area contributed by atoms with Crippen LogP contribution in [-0.2, 0) is 14.6 Å². The second kappa shape index (κ2) is 4.68. The van der Waals surface area contributed by atoms with Gasteiger partial charge in [0.15, 0.2) is 15.4 Å². The molecule has 0 rings (SSSR count). The summed E-state index contributed by atoms with van der Waals surface area (Å²) in [5.41, 5.74) is -1.90. The molecule has 0 radical (unpaired) electrons. The van der Waals surface area contributed by atoms with Crippen LogP contribution in [0.2, 0.25) is 0 Å². The lowest BCUT2D eigenvalue weighted by molar-refractivity contribution is -0.156. The molecular weight excluding hydrogens is 234 g/mol. The average molecular weight is 253 g/mol. The van der Waals surface area contributed by atoms with Crippen LogP contribution in [-0.4, -0.2) is 54.3 Å². The zero-order valence-electron chi connectivity index (χ0n) is 9.94. The van der Waals surface area contributed by atoms with Crippen molar-refractivity contribution < 1.29 is 23.4 Å². The molecule has 1 atom stereocenters. The zero-order chi connectivity index (χ0) is 13.2. The molecule has 0 bridgehead atoms. The molecule has 7 heteroatoms. The molecule has 1 unspecified atom stereocenters. The first-order valence-corrected chi connectivity index (χ1v) is 6.65. The Morgan fingerprint density at radius 3 is 2.00 bits per heavy atom. The Balaban J connectivity index is 4.35. The van der Waals surface area contributed by atoms with Gasteiger partial charge in [0.25, 0.3) is 0 Å². The van der Waals surface area contributed by atoms with Crippen molar-refractivity contribution in [2.45, 2.75) is 31.1 Å². The number of sulfone groups is 1. The van der Waals surface area contributed by atoms with Crippen molar-refractivity contribution in [3.8, 4) is 0 Å². The SMILES string of the molecule is CC(O)(CNCC(C)(C)S(C)(=O)=O)C(=O)O. The second-order valence-corrected chi connectivity index (χ2v) is 7.36. The van der Waals surface area contributed by atoms with Crippen LogP contribution < -0.4 is 5.32 Å². The van der Waals surface area contributed by atoms with Crippen molar-refractivity contribution in [2.24, 2.45) is 0 Å². The number of carboxylic acids is 1. The van der Waals surface area contributed by atoms with E-state index >= 15 is 0 Å². The molecule has 0 amide bonds. The average Bonchev–Trinajstić information content (AvgIpc) is 2.00. The number of rotatable bonds is 6. The van der Waals surface area contributed by atoms with E-state index in [1.807, 2.05) is 0 Å². The van der Waals surface area contributed by atoms with Gasteiger partial charge in [0, 0.05) is 19.3 Å². The van der Waals surface area contributed by atoms with E-state index in [-0.39, 0.29) is 13.1 Å². The third-order valence-corrected chi connectivity index (χ3v) is 4.64. The highest BCUT2D eigenvalue weighted by Gasteiger charge is 2.33. The van der Waals surface area contributed by atoms with Gasteiger partial charge in [-0.3, -0.25) is 0 Å². The van der Waals surface area contributed by atoms with Gasteiger partial charge in [-0.05, 0) is 20.8 Å². The van der Waals surface area contributed by atoms with Crippen LogP contribution in [0.1, 0.15) is 20.8 Å². The summed E-state index contributed by atoms with van der Waals surface area (Å²) in [6.07, 6.45) is 1.12. The second-order valence-electron chi connectivity index (χ2n) is 4.71. The van der Waals surface area contributed by atoms with Gasteiger partial charge in [0.1, 0.15) is 0 Å².